The molecule has 0 bridgehead atoms. The molecule has 0 amide bonds. The van der Waals surface area contributed by atoms with Crippen molar-refractivity contribution in [2.75, 3.05) is 19.0 Å². The highest BCUT2D eigenvalue weighted by atomic mass is 16.5. The molecule has 0 unspecified atom stereocenters. The van der Waals surface area contributed by atoms with Gasteiger partial charge in [0.25, 0.3) is 0 Å². The van der Waals surface area contributed by atoms with Gasteiger partial charge >= 0.3 is 0 Å². The molecule has 0 aliphatic carbocycles. The lowest BCUT2D eigenvalue weighted by atomic mass is 10.2. The van der Waals surface area contributed by atoms with Crippen molar-refractivity contribution in [2.24, 2.45) is 5.73 Å². The van der Waals surface area contributed by atoms with Crippen LogP contribution < -0.4 is 15.8 Å². The van der Waals surface area contributed by atoms with Gasteiger partial charge in [-0.1, -0.05) is 19.4 Å². The second kappa shape index (κ2) is 6.30. The number of anilines is 1. The molecular weight excluding hydrogens is 188 g/mol. The van der Waals surface area contributed by atoms with Gasteiger partial charge < -0.3 is 15.8 Å². The first kappa shape index (κ1) is 11.9. The van der Waals surface area contributed by atoms with E-state index in [2.05, 4.69) is 12.2 Å². The van der Waals surface area contributed by atoms with Crippen molar-refractivity contribution >= 4 is 5.69 Å². The largest absolute Gasteiger partial charge is 0.496 e. The molecule has 0 fully saturated rings. The Kier molecular flexibility index (Phi) is 4.98. The van der Waals surface area contributed by atoms with E-state index in [1.807, 2.05) is 18.2 Å². The molecule has 0 atom stereocenters. The molecule has 0 aliphatic rings. The molecule has 3 nitrogen and oxygen atoms in total. The van der Waals surface area contributed by atoms with Gasteiger partial charge in [0.1, 0.15) is 5.75 Å². The van der Waals surface area contributed by atoms with Crippen molar-refractivity contribution in [3.63, 3.8) is 0 Å². The van der Waals surface area contributed by atoms with E-state index in [0.717, 1.165) is 23.5 Å². The summed E-state index contributed by atoms with van der Waals surface area (Å²) in [5.74, 6) is 0.860. The third kappa shape index (κ3) is 3.44. The standard InChI is InChI=1S/C12H20N2O/c1-3-4-7-14-11-6-5-10(9-13)12(8-11)15-2/h5-6,8,14H,3-4,7,9,13H2,1-2H3. The van der Waals surface area contributed by atoms with E-state index in [-0.39, 0.29) is 0 Å². The van der Waals surface area contributed by atoms with Crippen LogP contribution in [0.5, 0.6) is 5.75 Å². The van der Waals surface area contributed by atoms with Crippen LogP contribution >= 0.6 is 0 Å². The summed E-state index contributed by atoms with van der Waals surface area (Å²) < 4.78 is 5.26. The third-order valence-electron chi connectivity index (χ3n) is 2.37. The van der Waals surface area contributed by atoms with Gasteiger partial charge in [0.05, 0.1) is 7.11 Å². The predicted octanol–water partition coefficient (Wildman–Crippen LogP) is 2.37. The highest BCUT2D eigenvalue weighted by Gasteiger charge is 2.01. The molecule has 0 aliphatic heterocycles. The van der Waals surface area contributed by atoms with E-state index in [1.54, 1.807) is 7.11 Å². The number of hydrogen-bond donors (Lipinski definition) is 2. The Bertz CT molecular complexity index is 300. The molecule has 3 heteroatoms. The zero-order valence-electron chi connectivity index (χ0n) is 9.55. The molecule has 3 N–H and O–H groups in total. The smallest absolute Gasteiger partial charge is 0.125 e. The molecule has 0 saturated carbocycles. The Hall–Kier alpha value is -1.22. The summed E-state index contributed by atoms with van der Waals surface area (Å²) in [6.45, 7) is 3.69. The molecule has 84 valence electrons. The molecular formula is C12H20N2O. The fourth-order valence-corrected chi connectivity index (χ4v) is 1.43. The van der Waals surface area contributed by atoms with Crippen molar-refractivity contribution in [3.8, 4) is 5.75 Å². The van der Waals surface area contributed by atoms with Gasteiger partial charge in [-0.3, -0.25) is 0 Å². The highest BCUT2D eigenvalue weighted by molar-refractivity contribution is 5.51. The minimum absolute atomic E-state index is 0.512. The van der Waals surface area contributed by atoms with Crippen LogP contribution in [0.4, 0.5) is 5.69 Å². The molecule has 1 aromatic rings. The van der Waals surface area contributed by atoms with E-state index < -0.39 is 0 Å². The van der Waals surface area contributed by atoms with Crippen LogP contribution in [0.2, 0.25) is 0 Å². The van der Waals surface area contributed by atoms with Gasteiger partial charge in [-0.25, -0.2) is 0 Å². The average molecular weight is 208 g/mol. The van der Waals surface area contributed by atoms with Crippen molar-refractivity contribution < 1.29 is 4.74 Å². The maximum Gasteiger partial charge on any atom is 0.125 e. The molecule has 0 saturated heterocycles. The van der Waals surface area contributed by atoms with Crippen LogP contribution in [0.15, 0.2) is 18.2 Å². The number of hydrogen-bond acceptors (Lipinski definition) is 3. The highest BCUT2D eigenvalue weighted by Crippen LogP contribution is 2.22. The lowest BCUT2D eigenvalue weighted by Gasteiger charge is -2.10. The SMILES string of the molecule is CCCCNc1ccc(CN)c(OC)c1. The normalized spacial score (nSPS) is 10.1. The fraction of sp³-hybridized carbons (Fsp3) is 0.500. The lowest BCUT2D eigenvalue weighted by molar-refractivity contribution is 0.410. The first-order chi connectivity index (χ1) is 7.31. The van der Waals surface area contributed by atoms with Gasteiger partial charge in [-0.2, -0.15) is 0 Å². The van der Waals surface area contributed by atoms with Crippen molar-refractivity contribution in [2.45, 2.75) is 26.3 Å². The van der Waals surface area contributed by atoms with Crippen molar-refractivity contribution in [3.05, 3.63) is 23.8 Å². The summed E-state index contributed by atoms with van der Waals surface area (Å²) in [7, 11) is 1.67. The van der Waals surface area contributed by atoms with E-state index in [9.17, 15) is 0 Å². The molecule has 0 heterocycles. The van der Waals surface area contributed by atoms with E-state index in [4.69, 9.17) is 10.5 Å². The summed E-state index contributed by atoms with van der Waals surface area (Å²) >= 11 is 0. The Labute approximate surface area is 91.6 Å². The zero-order chi connectivity index (χ0) is 11.1. The van der Waals surface area contributed by atoms with Crippen LogP contribution in [0, 0.1) is 0 Å². The quantitative estimate of drug-likeness (QED) is 0.705. The van der Waals surface area contributed by atoms with Gasteiger partial charge in [-0.15, -0.1) is 0 Å². The Morgan fingerprint density at radius 3 is 2.80 bits per heavy atom. The first-order valence-corrected chi connectivity index (χ1v) is 5.42. The van der Waals surface area contributed by atoms with Gasteiger partial charge in [0.2, 0.25) is 0 Å². The molecule has 0 radical (unpaired) electrons. The van der Waals surface area contributed by atoms with Gasteiger partial charge in [0.15, 0.2) is 0 Å². The van der Waals surface area contributed by atoms with E-state index >= 15 is 0 Å². The maximum absolute atomic E-state index is 5.60. The van der Waals surface area contributed by atoms with Crippen LogP contribution in [0.1, 0.15) is 25.3 Å². The fourth-order valence-electron chi connectivity index (χ4n) is 1.43. The van der Waals surface area contributed by atoms with Gasteiger partial charge in [0, 0.05) is 30.4 Å². The summed E-state index contributed by atoms with van der Waals surface area (Å²) in [4.78, 5) is 0. The van der Waals surface area contributed by atoms with Gasteiger partial charge in [-0.05, 0) is 12.5 Å². The number of unbranched alkanes of at least 4 members (excludes halogenated alkanes) is 1. The molecule has 1 rings (SSSR count). The Balaban J connectivity index is 2.66. The molecule has 1 aromatic carbocycles. The van der Waals surface area contributed by atoms with E-state index in [0.29, 0.717) is 6.54 Å². The topological polar surface area (TPSA) is 47.3 Å². The Morgan fingerprint density at radius 1 is 1.40 bits per heavy atom. The number of methoxy groups -OCH3 is 1. The minimum Gasteiger partial charge on any atom is -0.496 e. The molecule has 0 aromatic heterocycles. The first-order valence-electron chi connectivity index (χ1n) is 5.42. The summed E-state index contributed by atoms with van der Waals surface area (Å²) in [6, 6.07) is 6.05. The maximum atomic E-state index is 5.60. The minimum atomic E-state index is 0.512. The number of nitrogens with one attached hydrogen (secondary N) is 1. The van der Waals surface area contributed by atoms with Crippen LogP contribution in [0.25, 0.3) is 0 Å². The Morgan fingerprint density at radius 2 is 2.20 bits per heavy atom. The predicted molar refractivity (Wildman–Crippen MR) is 64.3 cm³/mol. The molecule has 15 heavy (non-hydrogen) atoms. The second-order valence-corrected chi connectivity index (χ2v) is 3.51. The monoisotopic (exact) mass is 208 g/mol. The average Bonchev–Trinajstić information content (AvgIpc) is 2.29. The summed E-state index contributed by atoms with van der Waals surface area (Å²) in [5, 5.41) is 3.35. The van der Waals surface area contributed by atoms with Crippen LogP contribution in [0.3, 0.4) is 0 Å². The number of nitrogens with two attached hydrogens (primary N) is 1. The van der Waals surface area contributed by atoms with Crippen molar-refractivity contribution in [1.82, 2.24) is 0 Å². The lowest BCUT2D eigenvalue weighted by Crippen LogP contribution is -2.03. The van der Waals surface area contributed by atoms with Crippen LogP contribution in [-0.2, 0) is 6.54 Å². The molecule has 0 spiro atoms. The number of benzene rings is 1. The summed E-state index contributed by atoms with van der Waals surface area (Å²) in [5.41, 5.74) is 7.73. The number of ether oxygens (including phenoxy) is 1. The van der Waals surface area contributed by atoms with E-state index in [1.165, 1.54) is 12.8 Å². The van der Waals surface area contributed by atoms with Crippen LogP contribution in [-0.4, -0.2) is 13.7 Å². The third-order valence-corrected chi connectivity index (χ3v) is 2.37. The number of rotatable bonds is 6. The van der Waals surface area contributed by atoms with Crippen molar-refractivity contribution in [1.29, 1.82) is 0 Å². The summed E-state index contributed by atoms with van der Waals surface area (Å²) in [6.07, 6.45) is 2.38. The zero-order valence-corrected chi connectivity index (χ0v) is 9.55. The second-order valence-electron chi connectivity index (χ2n) is 3.51.